The van der Waals surface area contributed by atoms with Crippen LogP contribution in [0.4, 0.5) is 0 Å². The van der Waals surface area contributed by atoms with Gasteiger partial charge >= 0.3 is 0 Å². The van der Waals surface area contributed by atoms with Crippen LogP contribution in [0.15, 0.2) is 48.5 Å². The molecule has 0 aromatic heterocycles. The molecule has 4 rings (SSSR count). The van der Waals surface area contributed by atoms with E-state index in [1.54, 1.807) is 0 Å². The molecule has 2 atom stereocenters. The van der Waals surface area contributed by atoms with Gasteiger partial charge in [0.2, 0.25) is 5.91 Å². The Morgan fingerprint density at radius 2 is 1.60 bits per heavy atom. The first kappa shape index (κ1) is 11.5. The minimum Gasteiger partial charge on any atom is -0.457 e. The highest BCUT2D eigenvalue weighted by molar-refractivity contribution is 5.88. The highest BCUT2D eigenvalue weighted by Crippen LogP contribution is 2.49. The van der Waals surface area contributed by atoms with Crippen molar-refractivity contribution in [2.45, 2.75) is 11.8 Å². The molecule has 3 heteroatoms. The zero-order valence-electron chi connectivity index (χ0n) is 11.2. The molecule has 2 heterocycles. The zero-order chi connectivity index (χ0) is 13.7. The molecule has 1 saturated heterocycles. The van der Waals surface area contributed by atoms with Crippen molar-refractivity contribution >= 4 is 5.91 Å². The van der Waals surface area contributed by atoms with E-state index < -0.39 is 0 Å². The maximum atomic E-state index is 12.5. The van der Waals surface area contributed by atoms with Gasteiger partial charge in [-0.3, -0.25) is 4.79 Å². The van der Waals surface area contributed by atoms with Gasteiger partial charge in [0.25, 0.3) is 0 Å². The van der Waals surface area contributed by atoms with Crippen molar-refractivity contribution in [3.63, 3.8) is 0 Å². The van der Waals surface area contributed by atoms with Gasteiger partial charge in [0.15, 0.2) is 0 Å². The van der Waals surface area contributed by atoms with E-state index in [9.17, 15) is 4.79 Å². The Kier molecular flexibility index (Phi) is 2.36. The van der Waals surface area contributed by atoms with Crippen molar-refractivity contribution in [1.29, 1.82) is 0 Å². The van der Waals surface area contributed by atoms with Crippen LogP contribution < -0.4 is 4.74 Å². The van der Waals surface area contributed by atoms with Crippen LogP contribution in [-0.2, 0) is 4.79 Å². The highest BCUT2D eigenvalue weighted by Gasteiger charge is 2.44. The number of hydrogen-bond donors (Lipinski definition) is 0. The van der Waals surface area contributed by atoms with Gasteiger partial charge < -0.3 is 9.64 Å². The van der Waals surface area contributed by atoms with Gasteiger partial charge in [-0.15, -0.1) is 0 Å². The lowest BCUT2D eigenvalue weighted by Crippen LogP contribution is -2.21. The third-order valence-electron chi connectivity index (χ3n) is 4.31. The van der Waals surface area contributed by atoms with Crippen molar-refractivity contribution in [3.8, 4) is 11.5 Å². The number of hydrogen-bond acceptors (Lipinski definition) is 2. The van der Waals surface area contributed by atoms with E-state index in [0.717, 1.165) is 29.2 Å². The van der Waals surface area contributed by atoms with Gasteiger partial charge in [-0.05, 0) is 12.1 Å². The number of benzene rings is 2. The summed E-state index contributed by atoms with van der Waals surface area (Å²) in [6, 6.07) is 15.9. The Hall–Kier alpha value is -2.29. The van der Waals surface area contributed by atoms with Crippen LogP contribution in [0, 0.1) is 0 Å². The normalized spacial score (nSPS) is 23.4. The molecular weight excluding hydrogens is 250 g/mol. The number of amides is 1. The molecule has 0 N–H and O–H groups in total. The molecule has 0 unspecified atom stereocenters. The fourth-order valence-corrected chi connectivity index (χ4v) is 3.36. The van der Waals surface area contributed by atoms with Gasteiger partial charge in [-0.2, -0.15) is 0 Å². The smallest absolute Gasteiger partial charge is 0.230 e. The number of likely N-dealkylation sites (tertiary alicyclic amines) is 1. The first-order valence-electron chi connectivity index (χ1n) is 6.86. The number of para-hydroxylation sites is 2. The summed E-state index contributed by atoms with van der Waals surface area (Å²) in [6.45, 7) is 0.748. The molecule has 100 valence electrons. The molecule has 2 aliphatic heterocycles. The molecule has 2 aliphatic rings. The van der Waals surface area contributed by atoms with Gasteiger partial charge in [-0.25, -0.2) is 0 Å². The topological polar surface area (TPSA) is 29.5 Å². The zero-order valence-corrected chi connectivity index (χ0v) is 11.2. The van der Waals surface area contributed by atoms with E-state index >= 15 is 0 Å². The molecule has 0 aliphatic carbocycles. The van der Waals surface area contributed by atoms with Crippen LogP contribution in [0.3, 0.4) is 0 Å². The lowest BCUT2D eigenvalue weighted by molar-refractivity contribution is -0.127. The van der Waals surface area contributed by atoms with Crippen molar-refractivity contribution in [1.82, 2.24) is 4.90 Å². The number of rotatable bonds is 0. The third-order valence-corrected chi connectivity index (χ3v) is 4.31. The molecule has 2 aromatic rings. The number of likely N-dealkylation sites (N-methyl/N-ethyl adjacent to an activating group) is 1. The average molecular weight is 265 g/mol. The average Bonchev–Trinajstić information content (AvgIpc) is 2.68. The SMILES string of the molecule is CN1C[C@@H]2c3ccccc3Oc3ccccc3[C@H]2C1=O. The van der Waals surface area contributed by atoms with E-state index in [1.165, 1.54) is 0 Å². The summed E-state index contributed by atoms with van der Waals surface area (Å²) in [5.74, 6) is 1.90. The number of fused-ring (bicyclic) bond motifs is 5. The molecule has 0 radical (unpaired) electrons. The van der Waals surface area contributed by atoms with Crippen molar-refractivity contribution in [2.75, 3.05) is 13.6 Å². The summed E-state index contributed by atoms with van der Waals surface area (Å²) in [4.78, 5) is 14.4. The van der Waals surface area contributed by atoms with Gasteiger partial charge in [0, 0.05) is 30.6 Å². The number of carbonyl (C=O) groups excluding carboxylic acids is 1. The summed E-state index contributed by atoms with van der Waals surface area (Å²) in [6.07, 6.45) is 0. The summed E-state index contributed by atoms with van der Waals surface area (Å²) in [7, 11) is 1.88. The van der Waals surface area contributed by atoms with Crippen LogP contribution in [0.1, 0.15) is 23.0 Å². The Bertz CT molecular complexity index is 695. The molecule has 2 aromatic carbocycles. The van der Waals surface area contributed by atoms with E-state index in [4.69, 9.17) is 4.74 Å². The minimum atomic E-state index is -0.125. The second-order valence-corrected chi connectivity index (χ2v) is 5.48. The quantitative estimate of drug-likeness (QED) is 0.732. The fraction of sp³-hybridized carbons (Fsp3) is 0.235. The van der Waals surface area contributed by atoms with Crippen LogP contribution in [0.5, 0.6) is 11.5 Å². The van der Waals surface area contributed by atoms with Crippen LogP contribution in [0.2, 0.25) is 0 Å². The Morgan fingerprint density at radius 1 is 1.00 bits per heavy atom. The van der Waals surface area contributed by atoms with Crippen LogP contribution in [-0.4, -0.2) is 24.4 Å². The predicted octanol–water partition coefficient (Wildman–Crippen LogP) is 3.13. The third kappa shape index (κ3) is 1.49. The van der Waals surface area contributed by atoms with E-state index in [-0.39, 0.29) is 17.7 Å². The summed E-state index contributed by atoms with van der Waals surface area (Å²) in [5.41, 5.74) is 2.13. The molecule has 20 heavy (non-hydrogen) atoms. The fourth-order valence-electron chi connectivity index (χ4n) is 3.36. The second-order valence-electron chi connectivity index (χ2n) is 5.48. The lowest BCUT2D eigenvalue weighted by Gasteiger charge is -2.14. The van der Waals surface area contributed by atoms with Gasteiger partial charge in [0.05, 0.1) is 5.92 Å². The molecule has 3 nitrogen and oxygen atoms in total. The van der Waals surface area contributed by atoms with Crippen molar-refractivity contribution < 1.29 is 9.53 Å². The van der Waals surface area contributed by atoms with Crippen LogP contribution >= 0.6 is 0 Å². The van der Waals surface area contributed by atoms with Crippen molar-refractivity contribution in [2.24, 2.45) is 0 Å². The Morgan fingerprint density at radius 3 is 2.35 bits per heavy atom. The van der Waals surface area contributed by atoms with E-state index in [2.05, 4.69) is 6.07 Å². The monoisotopic (exact) mass is 265 g/mol. The highest BCUT2D eigenvalue weighted by atomic mass is 16.5. The summed E-state index contributed by atoms with van der Waals surface area (Å²) >= 11 is 0. The minimum absolute atomic E-state index is 0.125. The van der Waals surface area contributed by atoms with Gasteiger partial charge in [0.1, 0.15) is 11.5 Å². The molecule has 0 saturated carbocycles. The standard InChI is InChI=1S/C17H15NO2/c1-18-10-13-11-6-2-4-8-14(11)20-15-9-5-3-7-12(15)16(13)17(18)19/h2-9,13,16H,10H2,1H3/t13-,16-/m1/s1. The molecule has 1 fully saturated rings. The second kappa shape index (κ2) is 4.10. The number of ether oxygens (including phenoxy) is 1. The summed E-state index contributed by atoms with van der Waals surface area (Å²) < 4.78 is 6.05. The van der Waals surface area contributed by atoms with Gasteiger partial charge in [-0.1, -0.05) is 36.4 Å². The van der Waals surface area contributed by atoms with E-state index in [0.29, 0.717) is 0 Å². The lowest BCUT2D eigenvalue weighted by atomic mass is 9.84. The first-order valence-corrected chi connectivity index (χ1v) is 6.86. The van der Waals surface area contributed by atoms with Crippen molar-refractivity contribution in [3.05, 3.63) is 59.7 Å². The predicted molar refractivity (Wildman–Crippen MR) is 76.1 cm³/mol. The number of nitrogens with zero attached hydrogens (tertiary/aromatic N) is 1. The Balaban J connectivity index is 1.98. The maximum Gasteiger partial charge on any atom is 0.230 e. The van der Waals surface area contributed by atoms with Crippen LogP contribution in [0.25, 0.3) is 0 Å². The molecular formula is C17H15NO2. The van der Waals surface area contributed by atoms with E-state index in [1.807, 2.05) is 54.4 Å². The molecule has 0 spiro atoms. The maximum absolute atomic E-state index is 12.5. The molecule has 0 bridgehead atoms. The largest absolute Gasteiger partial charge is 0.457 e. The first-order chi connectivity index (χ1) is 9.75. The molecule has 1 amide bonds. The Labute approximate surface area is 117 Å². The number of carbonyl (C=O) groups is 1. The summed E-state index contributed by atoms with van der Waals surface area (Å²) in [5, 5.41) is 0.